The Hall–Kier alpha value is -1.48. The fourth-order valence-electron chi connectivity index (χ4n) is 1.52. The van der Waals surface area contributed by atoms with Crippen LogP contribution in [0.4, 0.5) is 17.1 Å². The van der Waals surface area contributed by atoms with Crippen molar-refractivity contribution >= 4 is 33.0 Å². The van der Waals surface area contributed by atoms with Gasteiger partial charge in [0.25, 0.3) is 0 Å². The summed E-state index contributed by atoms with van der Waals surface area (Å²) in [4.78, 5) is 0. The second-order valence-corrected chi connectivity index (χ2v) is 4.62. The lowest BCUT2D eigenvalue weighted by atomic mass is 10.1. The van der Waals surface area contributed by atoms with Crippen LogP contribution >= 0.6 is 15.9 Å². The van der Waals surface area contributed by atoms with Crippen LogP contribution in [0, 0.1) is 6.92 Å². The van der Waals surface area contributed by atoms with E-state index in [4.69, 9.17) is 5.73 Å². The summed E-state index contributed by atoms with van der Waals surface area (Å²) in [6, 6.07) is 13.9. The lowest BCUT2D eigenvalue weighted by Gasteiger charge is -2.10. The monoisotopic (exact) mass is 276 g/mol. The van der Waals surface area contributed by atoms with Gasteiger partial charge in [0.05, 0.1) is 0 Å². The Morgan fingerprint density at radius 3 is 2.38 bits per heavy atom. The van der Waals surface area contributed by atoms with Gasteiger partial charge in [-0.05, 0) is 55.0 Å². The van der Waals surface area contributed by atoms with Crippen LogP contribution in [-0.2, 0) is 0 Å². The highest BCUT2D eigenvalue weighted by Gasteiger charge is 1.99. The number of hydrogen-bond acceptors (Lipinski definition) is 2. The van der Waals surface area contributed by atoms with Gasteiger partial charge in [0.2, 0.25) is 0 Å². The van der Waals surface area contributed by atoms with Crippen LogP contribution in [0.5, 0.6) is 0 Å². The van der Waals surface area contributed by atoms with Crippen molar-refractivity contribution in [2.45, 2.75) is 6.92 Å². The van der Waals surface area contributed by atoms with Gasteiger partial charge in [0.15, 0.2) is 0 Å². The molecule has 0 fully saturated rings. The molecular weight excluding hydrogens is 264 g/mol. The van der Waals surface area contributed by atoms with Gasteiger partial charge in [-0.1, -0.05) is 15.9 Å². The van der Waals surface area contributed by atoms with Gasteiger partial charge in [-0.3, -0.25) is 0 Å². The molecule has 0 heterocycles. The highest BCUT2D eigenvalue weighted by Crippen LogP contribution is 2.23. The van der Waals surface area contributed by atoms with Crippen LogP contribution in [0.2, 0.25) is 0 Å². The zero-order valence-electron chi connectivity index (χ0n) is 9.00. The number of aryl methyl sites for hydroxylation is 1. The van der Waals surface area contributed by atoms with Crippen LogP contribution in [0.15, 0.2) is 46.9 Å². The Labute approximate surface area is 104 Å². The fourth-order valence-corrected chi connectivity index (χ4v) is 1.78. The molecule has 2 aromatic carbocycles. The Morgan fingerprint density at radius 2 is 1.75 bits per heavy atom. The van der Waals surface area contributed by atoms with Gasteiger partial charge < -0.3 is 11.1 Å². The second-order valence-electron chi connectivity index (χ2n) is 3.71. The minimum absolute atomic E-state index is 0.791. The molecule has 3 N–H and O–H groups in total. The highest BCUT2D eigenvalue weighted by molar-refractivity contribution is 9.10. The predicted molar refractivity (Wildman–Crippen MR) is 73.0 cm³/mol. The number of nitrogens with one attached hydrogen (secondary N) is 1. The summed E-state index contributed by atoms with van der Waals surface area (Å²) in [6.45, 7) is 2.04. The first-order chi connectivity index (χ1) is 7.65. The van der Waals surface area contributed by atoms with E-state index in [1.54, 1.807) is 0 Å². The quantitative estimate of drug-likeness (QED) is 0.811. The largest absolute Gasteiger partial charge is 0.399 e. The third kappa shape index (κ3) is 2.55. The number of nitrogen functional groups attached to an aromatic ring is 1. The van der Waals surface area contributed by atoms with Gasteiger partial charge in [-0.2, -0.15) is 0 Å². The summed E-state index contributed by atoms with van der Waals surface area (Å²) >= 11 is 3.41. The Kier molecular flexibility index (Phi) is 3.15. The van der Waals surface area contributed by atoms with E-state index < -0.39 is 0 Å². The predicted octanol–water partition coefficient (Wildman–Crippen LogP) is 4.08. The van der Waals surface area contributed by atoms with Crippen LogP contribution in [0.1, 0.15) is 5.56 Å². The molecule has 0 saturated heterocycles. The second kappa shape index (κ2) is 4.58. The van der Waals surface area contributed by atoms with E-state index in [0.717, 1.165) is 27.1 Å². The Balaban J connectivity index is 2.23. The third-order valence-corrected chi connectivity index (χ3v) is 2.90. The molecule has 0 radical (unpaired) electrons. The maximum absolute atomic E-state index is 5.71. The maximum Gasteiger partial charge on any atom is 0.0415 e. The van der Waals surface area contributed by atoms with Crippen molar-refractivity contribution in [3.8, 4) is 0 Å². The molecule has 0 aliphatic rings. The zero-order chi connectivity index (χ0) is 11.5. The van der Waals surface area contributed by atoms with Crippen molar-refractivity contribution in [1.29, 1.82) is 0 Å². The van der Waals surface area contributed by atoms with E-state index in [-0.39, 0.29) is 0 Å². The molecule has 82 valence electrons. The highest BCUT2D eigenvalue weighted by atomic mass is 79.9. The molecule has 0 spiro atoms. The lowest BCUT2D eigenvalue weighted by molar-refractivity contribution is 1.43. The van der Waals surface area contributed by atoms with Gasteiger partial charge in [0.1, 0.15) is 0 Å². The van der Waals surface area contributed by atoms with Crippen molar-refractivity contribution in [2.24, 2.45) is 0 Å². The number of nitrogens with two attached hydrogens (primary N) is 1. The smallest absolute Gasteiger partial charge is 0.0415 e. The summed E-state index contributed by atoms with van der Waals surface area (Å²) in [5.41, 5.74) is 9.78. The van der Waals surface area contributed by atoms with Crippen LogP contribution in [0.3, 0.4) is 0 Å². The standard InChI is InChI=1S/C13H13BrN2/c1-9-8-11(15)4-7-13(9)16-12-5-2-10(14)3-6-12/h2-8,16H,15H2,1H3. The number of anilines is 3. The maximum atomic E-state index is 5.71. The SMILES string of the molecule is Cc1cc(N)ccc1Nc1ccc(Br)cc1. The average molecular weight is 277 g/mol. The fraction of sp³-hybridized carbons (Fsp3) is 0.0769. The minimum atomic E-state index is 0.791. The van der Waals surface area contributed by atoms with E-state index in [9.17, 15) is 0 Å². The van der Waals surface area contributed by atoms with E-state index >= 15 is 0 Å². The molecule has 0 aliphatic heterocycles. The van der Waals surface area contributed by atoms with Crippen molar-refractivity contribution in [3.63, 3.8) is 0 Å². The van der Waals surface area contributed by atoms with Gasteiger partial charge >= 0.3 is 0 Å². The molecule has 2 nitrogen and oxygen atoms in total. The molecule has 0 saturated carbocycles. The molecule has 0 aliphatic carbocycles. The van der Waals surface area contributed by atoms with E-state index in [1.807, 2.05) is 49.4 Å². The van der Waals surface area contributed by atoms with Gasteiger partial charge in [-0.25, -0.2) is 0 Å². The van der Waals surface area contributed by atoms with Gasteiger partial charge in [0, 0.05) is 21.5 Å². The Morgan fingerprint density at radius 1 is 1.06 bits per heavy atom. The number of rotatable bonds is 2. The van der Waals surface area contributed by atoms with Crippen molar-refractivity contribution < 1.29 is 0 Å². The molecule has 0 unspecified atom stereocenters. The van der Waals surface area contributed by atoms with E-state index in [0.29, 0.717) is 0 Å². The molecule has 16 heavy (non-hydrogen) atoms. The zero-order valence-corrected chi connectivity index (χ0v) is 10.6. The van der Waals surface area contributed by atoms with E-state index in [2.05, 4.69) is 21.2 Å². The van der Waals surface area contributed by atoms with Crippen molar-refractivity contribution in [3.05, 3.63) is 52.5 Å². The molecule has 0 bridgehead atoms. The molecule has 2 aromatic rings. The summed E-state index contributed by atoms with van der Waals surface area (Å²) in [5.74, 6) is 0. The van der Waals surface area contributed by atoms with Crippen LogP contribution < -0.4 is 11.1 Å². The number of halogens is 1. The number of benzene rings is 2. The molecule has 0 amide bonds. The summed E-state index contributed by atoms with van der Waals surface area (Å²) in [6.07, 6.45) is 0. The summed E-state index contributed by atoms with van der Waals surface area (Å²) in [5, 5.41) is 3.35. The molecule has 0 aromatic heterocycles. The third-order valence-electron chi connectivity index (χ3n) is 2.37. The summed E-state index contributed by atoms with van der Waals surface area (Å²) in [7, 11) is 0. The van der Waals surface area contributed by atoms with Crippen LogP contribution in [-0.4, -0.2) is 0 Å². The topological polar surface area (TPSA) is 38.0 Å². The molecular formula is C13H13BrN2. The molecule has 2 rings (SSSR count). The molecule has 0 atom stereocenters. The van der Waals surface area contributed by atoms with Crippen molar-refractivity contribution in [1.82, 2.24) is 0 Å². The normalized spacial score (nSPS) is 10.1. The molecule has 3 heteroatoms. The van der Waals surface area contributed by atoms with Crippen molar-refractivity contribution in [2.75, 3.05) is 11.1 Å². The average Bonchev–Trinajstić information content (AvgIpc) is 2.25. The van der Waals surface area contributed by atoms with Gasteiger partial charge in [-0.15, -0.1) is 0 Å². The first kappa shape index (κ1) is 11.0. The van der Waals surface area contributed by atoms with E-state index in [1.165, 1.54) is 0 Å². The number of hydrogen-bond donors (Lipinski definition) is 2. The minimum Gasteiger partial charge on any atom is -0.399 e. The first-order valence-corrected chi connectivity index (χ1v) is 5.83. The first-order valence-electron chi connectivity index (χ1n) is 5.04. The summed E-state index contributed by atoms with van der Waals surface area (Å²) < 4.78 is 1.08. The van der Waals surface area contributed by atoms with Crippen LogP contribution in [0.25, 0.3) is 0 Å². The Bertz CT molecular complexity index is 492. The lowest BCUT2D eigenvalue weighted by Crippen LogP contribution is -1.94.